The van der Waals surface area contributed by atoms with Crippen LogP contribution in [0.5, 0.6) is 5.75 Å². The molecule has 1 amide bonds. The highest BCUT2D eigenvalue weighted by Crippen LogP contribution is 2.23. The summed E-state index contributed by atoms with van der Waals surface area (Å²) in [6, 6.07) is 9.87. The van der Waals surface area contributed by atoms with Crippen molar-refractivity contribution in [2.45, 2.75) is 12.5 Å². The molecule has 2 aromatic rings. The number of benzene rings is 2. The molecule has 0 aliphatic carbocycles. The first kappa shape index (κ1) is 16.3. The van der Waals surface area contributed by atoms with E-state index in [4.69, 9.17) is 16.7 Å². The van der Waals surface area contributed by atoms with Crippen LogP contribution in [-0.2, 0) is 5.60 Å². The zero-order valence-electron chi connectivity index (χ0n) is 11.8. The molecule has 22 heavy (non-hydrogen) atoms. The molecule has 3 N–H and O–H groups in total. The molecule has 0 unspecified atom stereocenters. The van der Waals surface area contributed by atoms with Gasteiger partial charge in [-0.15, -0.1) is 0 Å². The van der Waals surface area contributed by atoms with Crippen LogP contribution in [0.15, 0.2) is 42.5 Å². The van der Waals surface area contributed by atoms with Gasteiger partial charge in [-0.1, -0.05) is 23.7 Å². The van der Waals surface area contributed by atoms with Gasteiger partial charge in [0, 0.05) is 11.1 Å². The minimum atomic E-state index is -1.35. The summed E-state index contributed by atoms with van der Waals surface area (Å²) >= 11 is 5.87. The molecule has 0 saturated carbocycles. The molecule has 0 aliphatic rings. The van der Waals surface area contributed by atoms with Crippen molar-refractivity contribution in [2.24, 2.45) is 0 Å². The van der Waals surface area contributed by atoms with Crippen LogP contribution >= 0.6 is 11.6 Å². The van der Waals surface area contributed by atoms with Crippen molar-refractivity contribution in [3.63, 3.8) is 0 Å². The quantitative estimate of drug-likeness (QED) is 0.810. The Morgan fingerprint density at radius 2 is 2.05 bits per heavy atom. The number of hydrogen-bond donors (Lipinski definition) is 3. The number of carbonyl (C=O) groups is 1. The number of aliphatic hydroxyl groups is 1. The molecule has 0 heterocycles. The summed E-state index contributed by atoms with van der Waals surface area (Å²) in [6.45, 7) is 1.40. The first-order chi connectivity index (χ1) is 10.3. The molecule has 0 aliphatic heterocycles. The van der Waals surface area contributed by atoms with Gasteiger partial charge in [-0.2, -0.15) is 0 Å². The fourth-order valence-electron chi connectivity index (χ4n) is 1.96. The van der Waals surface area contributed by atoms with E-state index in [1.165, 1.54) is 19.1 Å². The van der Waals surface area contributed by atoms with E-state index in [1.807, 2.05) is 0 Å². The molecule has 0 fully saturated rings. The molecule has 0 radical (unpaired) electrons. The number of nitrogens with one attached hydrogen (secondary N) is 1. The Labute approximate surface area is 132 Å². The van der Waals surface area contributed by atoms with Gasteiger partial charge >= 0.3 is 0 Å². The van der Waals surface area contributed by atoms with Crippen LogP contribution in [0.4, 0.5) is 4.39 Å². The Bertz CT molecular complexity index is 704. The number of amides is 1. The zero-order valence-corrected chi connectivity index (χ0v) is 12.6. The van der Waals surface area contributed by atoms with Gasteiger partial charge in [0.25, 0.3) is 5.91 Å². The summed E-state index contributed by atoms with van der Waals surface area (Å²) in [7, 11) is 0. The number of rotatable bonds is 4. The minimum Gasteiger partial charge on any atom is -0.508 e. The van der Waals surface area contributed by atoms with Gasteiger partial charge < -0.3 is 15.5 Å². The van der Waals surface area contributed by atoms with Crippen molar-refractivity contribution in [1.29, 1.82) is 0 Å². The van der Waals surface area contributed by atoms with Gasteiger partial charge in [0.2, 0.25) is 0 Å². The monoisotopic (exact) mass is 323 g/mol. The second kappa shape index (κ2) is 6.34. The number of phenols is 1. The molecule has 6 heteroatoms. The summed E-state index contributed by atoms with van der Waals surface area (Å²) in [5.41, 5.74) is -1.03. The molecular weight excluding hydrogens is 309 g/mol. The van der Waals surface area contributed by atoms with Gasteiger partial charge in [-0.3, -0.25) is 4.79 Å². The molecule has 0 aromatic heterocycles. The van der Waals surface area contributed by atoms with Crippen molar-refractivity contribution in [1.82, 2.24) is 5.32 Å². The van der Waals surface area contributed by atoms with Crippen molar-refractivity contribution in [3.05, 3.63) is 64.4 Å². The Kier molecular flexibility index (Phi) is 4.68. The van der Waals surface area contributed by atoms with Gasteiger partial charge in [-0.05, 0) is 36.8 Å². The molecule has 4 nitrogen and oxygen atoms in total. The maximum absolute atomic E-state index is 13.6. The summed E-state index contributed by atoms with van der Waals surface area (Å²) in [5, 5.41) is 22.5. The van der Waals surface area contributed by atoms with Gasteiger partial charge in [0.05, 0.1) is 12.1 Å². The van der Waals surface area contributed by atoms with E-state index in [9.17, 15) is 14.3 Å². The summed E-state index contributed by atoms with van der Waals surface area (Å²) in [5.74, 6) is -1.78. The summed E-state index contributed by atoms with van der Waals surface area (Å²) in [6.07, 6.45) is 0. The molecule has 116 valence electrons. The topological polar surface area (TPSA) is 69.6 Å². The average Bonchev–Trinajstić information content (AvgIpc) is 2.45. The molecule has 0 spiro atoms. The Morgan fingerprint density at radius 1 is 1.32 bits per heavy atom. The van der Waals surface area contributed by atoms with Gasteiger partial charge in [-0.25, -0.2) is 4.39 Å². The van der Waals surface area contributed by atoms with E-state index >= 15 is 0 Å². The van der Waals surface area contributed by atoms with Gasteiger partial charge in [0.15, 0.2) is 0 Å². The lowest BCUT2D eigenvalue weighted by Gasteiger charge is -2.24. The Hall–Kier alpha value is -2.11. The number of carbonyl (C=O) groups excluding carboxylic acids is 1. The predicted molar refractivity (Wildman–Crippen MR) is 81.4 cm³/mol. The summed E-state index contributed by atoms with van der Waals surface area (Å²) < 4.78 is 13.6. The number of phenolic OH excluding ortho intramolecular Hbond substituents is 1. The van der Waals surface area contributed by atoms with Crippen LogP contribution in [0.1, 0.15) is 22.8 Å². The number of aromatic hydroxyl groups is 1. The van der Waals surface area contributed by atoms with E-state index in [0.717, 1.165) is 6.07 Å². The van der Waals surface area contributed by atoms with Crippen molar-refractivity contribution < 1.29 is 19.4 Å². The van der Waals surface area contributed by atoms with Crippen LogP contribution in [0.25, 0.3) is 0 Å². The van der Waals surface area contributed by atoms with Crippen LogP contribution in [0.2, 0.25) is 5.02 Å². The molecule has 0 saturated heterocycles. The third-order valence-corrected chi connectivity index (χ3v) is 3.47. The third-order valence-electron chi connectivity index (χ3n) is 3.24. The lowest BCUT2D eigenvalue weighted by Crippen LogP contribution is -2.38. The highest BCUT2D eigenvalue weighted by molar-refractivity contribution is 6.30. The normalized spacial score (nSPS) is 13.5. The zero-order chi connectivity index (χ0) is 16.3. The Balaban J connectivity index is 2.09. The lowest BCUT2D eigenvalue weighted by atomic mass is 9.96. The fraction of sp³-hybridized carbons (Fsp3) is 0.188. The Morgan fingerprint density at radius 3 is 2.68 bits per heavy atom. The molecule has 0 bridgehead atoms. The number of hydrogen-bond acceptors (Lipinski definition) is 3. The van der Waals surface area contributed by atoms with Gasteiger partial charge in [0.1, 0.15) is 17.2 Å². The fourth-order valence-corrected chi connectivity index (χ4v) is 2.15. The van der Waals surface area contributed by atoms with Crippen molar-refractivity contribution in [2.75, 3.05) is 6.54 Å². The van der Waals surface area contributed by atoms with E-state index in [-0.39, 0.29) is 17.9 Å². The van der Waals surface area contributed by atoms with Crippen LogP contribution in [0.3, 0.4) is 0 Å². The molecule has 2 rings (SSSR count). The maximum Gasteiger partial charge on any atom is 0.254 e. The van der Waals surface area contributed by atoms with E-state index in [0.29, 0.717) is 10.6 Å². The highest BCUT2D eigenvalue weighted by Gasteiger charge is 2.25. The van der Waals surface area contributed by atoms with Crippen molar-refractivity contribution >= 4 is 17.5 Å². The average molecular weight is 324 g/mol. The van der Waals surface area contributed by atoms with Crippen molar-refractivity contribution in [3.8, 4) is 5.75 Å². The molecule has 2 aromatic carbocycles. The SMILES string of the molecule is C[C@](O)(CNC(=O)c1ccc(O)cc1F)c1cccc(Cl)c1. The highest BCUT2D eigenvalue weighted by atomic mass is 35.5. The third kappa shape index (κ3) is 3.75. The first-order valence-electron chi connectivity index (χ1n) is 6.55. The summed E-state index contributed by atoms with van der Waals surface area (Å²) in [4.78, 5) is 12.0. The van der Waals surface area contributed by atoms with Crippen LogP contribution in [0, 0.1) is 5.82 Å². The maximum atomic E-state index is 13.6. The van der Waals surface area contributed by atoms with Crippen LogP contribution in [-0.4, -0.2) is 22.7 Å². The predicted octanol–water partition coefficient (Wildman–Crippen LogP) is 2.82. The second-order valence-corrected chi connectivity index (χ2v) is 5.57. The number of halogens is 2. The van der Waals surface area contributed by atoms with E-state index < -0.39 is 17.3 Å². The standard InChI is InChI=1S/C16H15ClFNO3/c1-16(22,10-3-2-4-11(17)7-10)9-19-15(21)13-6-5-12(20)8-14(13)18/h2-8,20,22H,9H2,1H3,(H,19,21)/t16-/m0/s1. The molecular formula is C16H15ClFNO3. The smallest absolute Gasteiger partial charge is 0.254 e. The van der Waals surface area contributed by atoms with E-state index in [2.05, 4.69) is 5.32 Å². The second-order valence-electron chi connectivity index (χ2n) is 5.13. The van der Waals surface area contributed by atoms with Crippen LogP contribution < -0.4 is 5.32 Å². The minimum absolute atomic E-state index is 0.119. The molecule has 1 atom stereocenters. The van der Waals surface area contributed by atoms with E-state index in [1.54, 1.807) is 24.3 Å². The largest absolute Gasteiger partial charge is 0.508 e. The lowest BCUT2D eigenvalue weighted by molar-refractivity contribution is 0.0525. The first-order valence-corrected chi connectivity index (χ1v) is 6.92.